The van der Waals surface area contributed by atoms with Crippen LogP contribution in [0.15, 0.2) is 30.4 Å². The van der Waals surface area contributed by atoms with Gasteiger partial charge < -0.3 is 15.2 Å². The predicted molar refractivity (Wildman–Crippen MR) is 119 cm³/mol. The molecule has 6 nitrogen and oxygen atoms in total. The maximum atomic E-state index is 13.2. The standard InChI is InChI=1S/C24H25NO5S/c1-11-5-6-14(9-12(11)2)17-13(3)31-22(20(17)24(29)30-4)25-21(26)18-15-7-8-16(10-15)19(18)23(27)28/h5-9,15-16,18-19H,10H2,1-4H3,(H,25,26)(H,27,28)/t15-,16-,18+,19+/m0/s1. The van der Waals surface area contributed by atoms with Gasteiger partial charge in [0.15, 0.2) is 0 Å². The van der Waals surface area contributed by atoms with Gasteiger partial charge in [-0.15, -0.1) is 11.3 Å². The molecule has 1 aromatic heterocycles. The summed E-state index contributed by atoms with van der Waals surface area (Å²) in [6.45, 7) is 5.93. The van der Waals surface area contributed by atoms with Gasteiger partial charge in [0.2, 0.25) is 5.91 Å². The average Bonchev–Trinajstić information content (AvgIpc) is 3.42. The van der Waals surface area contributed by atoms with Crippen LogP contribution in [-0.4, -0.2) is 30.1 Å². The Morgan fingerprint density at radius 1 is 1.06 bits per heavy atom. The summed E-state index contributed by atoms with van der Waals surface area (Å²) in [5, 5.41) is 12.9. The molecule has 4 rings (SSSR count). The van der Waals surface area contributed by atoms with Crippen molar-refractivity contribution in [1.29, 1.82) is 0 Å². The number of thiophene rings is 1. The number of rotatable bonds is 5. The Morgan fingerprint density at radius 3 is 2.35 bits per heavy atom. The van der Waals surface area contributed by atoms with Crippen molar-refractivity contribution < 1.29 is 24.2 Å². The number of methoxy groups -OCH3 is 1. The van der Waals surface area contributed by atoms with Crippen molar-refractivity contribution in [3.63, 3.8) is 0 Å². The number of hydrogen-bond acceptors (Lipinski definition) is 5. The lowest BCUT2D eigenvalue weighted by Crippen LogP contribution is -2.36. The fraction of sp³-hybridized carbons (Fsp3) is 0.375. The van der Waals surface area contributed by atoms with Gasteiger partial charge in [0.1, 0.15) is 10.6 Å². The summed E-state index contributed by atoms with van der Waals surface area (Å²) in [4.78, 5) is 38.6. The van der Waals surface area contributed by atoms with Crippen LogP contribution in [0.25, 0.3) is 11.1 Å². The fourth-order valence-corrected chi connectivity index (χ4v) is 5.95. The number of carboxylic acid groups (broad SMARTS) is 1. The number of benzene rings is 1. The van der Waals surface area contributed by atoms with Crippen molar-refractivity contribution in [2.75, 3.05) is 12.4 Å². The molecule has 0 saturated heterocycles. The Balaban J connectivity index is 1.73. The van der Waals surface area contributed by atoms with E-state index in [4.69, 9.17) is 4.74 Å². The molecule has 1 heterocycles. The number of hydrogen-bond donors (Lipinski definition) is 2. The fourth-order valence-electron chi connectivity index (χ4n) is 4.89. The molecule has 4 atom stereocenters. The predicted octanol–water partition coefficient (Wildman–Crippen LogP) is 4.59. The molecule has 1 fully saturated rings. The number of esters is 1. The zero-order valence-electron chi connectivity index (χ0n) is 17.9. The Kier molecular flexibility index (Phi) is 5.47. The third kappa shape index (κ3) is 3.57. The number of ether oxygens (including phenoxy) is 1. The van der Waals surface area contributed by atoms with Crippen LogP contribution in [0.1, 0.15) is 32.8 Å². The number of anilines is 1. The maximum absolute atomic E-state index is 13.2. The number of amides is 1. The number of carbonyl (C=O) groups is 3. The zero-order valence-corrected chi connectivity index (χ0v) is 18.7. The van der Waals surface area contributed by atoms with Crippen LogP contribution < -0.4 is 5.32 Å². The van der Waals surface area contributed by atoms with Crippen LogP contribution in [0.3, 0.4) is 0 Å². The highest BCUT2D eigenvalue weighted by Crippen LogP contribution is 2.49. The van der Waals surface area contributed by atoms with Crippen LogP contribution in [0.5, 0.6) is 0 Å². The van der Waals surface area contributed by atoms with Crippen LogP contribution in [0, 0.1) is 44.4 Å². The quantitative estimate of drug-likeness (QED) is 0.525. The Labute approximate surface area is 184 Å². The Hall–Kier alpha value is -2.93. The van der Waals surface area contributed by atoms with Gasteiger partial charge in [0, 0.05) is 10.4 Å². The lowest BCUT2D eigenvalue weighted by atomic mass is 9.82. The van der Waals surface area contributed by atoms with Crippen molar-refractivity contribution in [1.82, 2.24) is 0 Å². The van der Waals surface area contributed by atoms with E-state index in [0.29, 0.717) is 17.0 Å². The second-order valence-electron chi connectivity index (χ2n) is 8.36. The van der Waals surface area contributed by atoms with Gasteiger partial charge in [-0.05, 0) is 55.7 Å². The summed E-state index contributed by atoms with van der Waals surface area (Å²) in [6, 6.07) is 5.97. The van der Waals surface area contributed by atoms with E-state index >= 15 is 0 Å². The molecule has 2 aliphatic carbocycles. The van der Waals surface area contributed by atoms with Gasteiger partial charge in [-0.3, -0.25) is 9.59 Å². The van der Waals surface area contributed by atoms with Crippen molar-refractivity contribution in [3.8, 4) is 11.1 Å². The van der Waals surface area contributed by atoms with Crippen LogP contribution >= 0.6 is 11.3 Å². The van der Waals surface area contributed by atoms with Crippen LogP contribution in [-0.2, 0) is 14.3 Å². The third-order valence-corrected chi connectivity index (χ3v) is 7.57. The molecule has 2 aromatic rings. The Morgan fingerprint density at radius 2 is 1.74 bits per heavy atom. The molecule has 1 aromatic carbocycles. The summed E-state index contributed by atoms with van der Waals surface area (Å²) in [7, 11) is 1.31. The number of aryl methyl sites for hydroxylation is 3. The number of aliphatic carboxylic acids is 1. The van der Waals surface area contributed by atoms with Crippen molar-refractivity contribution in [2.24, 2.45) is 23.7 Å². The summed E-state index contributed by atoms with van der Waals surface area (Å²) in [5.74, 6) is -3.44. The second kappa shape index (κ2) is 7.96. The molecule has 1 saturated carbocycles. The molecule has 7 heteroatoms. The second-order valence-corrected chi connectivity index (χ2v) is 9.58. The minimum atomic E-state index is -0.955. The minimum absolute atomic E-state index is 0.0899. The zero-order chi connectivity index (χ0) is 22.4. The molecule has 162 valence electrons. The van der Waals surface area contributed by atoms with Gasteiger partial charge >= 0.3 is 11.9 Å². The molecule has 0 unspecified atom stereocenters. The lowest BCUT2D eigenvalue weighted by Gasteiger charge is -2.23. The monoisotopic (exact) mass is 439 g/mol. The van der Waals surface area contributed by atoms with Gasteiger partial charge in [0.05, 0.1) is 18.9 Å². The summed E-state index contributed by atoms with van der Waals surface area (Å²) in [6.07, 6.45) is 4.52. The van der Waals surface area contributed by atoms with Gasteiger partial charge in [-0.2, -0.15) is 0 Å². The minimum Gasteiger partial charge on any atom is -0.481 e. The van der Waals surface area contributed by atoms with E-state index in [1.165, 1.54) is 18.4 Å². The van der Waals surface area contributed by atoms with Gasteiger partial charge in [0.25, 0.3) is 0 Å². The van der Waals surface area contributed by atoms with E-state index in [0.717, 1.165) is 27.1 Å². The highest BCUT2D eigenvalue weighted by Gasteiger charge is 2.51. The highest BCUT2D eigenvalue weighted by atomic mass is 32.1. The van der Waals surface area contributed by atoms with Crippen LogP contribution in [0.4, 0.5) is 5.00 Å². The summed E-state index contributed by atoms with van der Waals surface area (Å²) in [5.41, 5.74) is 4.17. The molecule has 0 radical (unpaired) electrons. The number of nitrogens with one attached hydrogen (secondary N) is 1. The van der Waals surface area contributed by atoms with E-state index in [9.17, 15) is 19.5 Å². The number of carbonyl (C=O) groups excluding carboxylic acids is 2. The molecule has 31 heavy (non-hydrogen) atoms. The third-order valence-electron chi connectivity index (χ3n) is 6.55. The first-order chi connectivity index (χ1) is 14.7. The van der Waals surface area contributed by atoms with Crippen molar-refractivity contribution in [3.05, 3.63) is 51.9 Å². The smallest absolute Gasteiger partial charge is 0.341 e. The SMILES string of the molecule is COC(=O)c1c(NC(=O)[C@H]2[C@H](C(=O)O)[C@H]3C=C[C@H]2C3)sc(C)c1-c1ccc(C)c(C)c1. The van der Waals surface area contributed by atoms with E-state index in [1.54, 1.807) is 0 Å². The first-order valence-corrected chi connectivity index (χ1v) is 11.1. The van der Waals surface area contributed by atoms with E-state index in [1.807, 2.05) is 51.1 Å². The molecule has 2 bridgehead atoms. The topological polar surface area (TPSA) is 92.7 Å². The molecule has 1 amide bonds. The number of carboxylic acids is 1. The van der Waals surface area contributed by atoms with E-state index < -0.39 is 23.8 Å². The van der Waals surface area contributed by atoms with Crippen molar-refractivity contribution in [2.45, 2.75) is 27.2 Å². The first kappa shape index (κ1) is 21.3. The Bertz CT molecular complexity index is 1120. The number of allylic oxidation sites excluding steroid dienone is 2. The molecular weight excluding hydrogens is 414 g/mol. The van der Waals surface area contributed by atoms with Gasteiger partial charge in [-0.1, -0.05) is 30.4 Å². The van der Waals surface area contributed by atoms with Crippen LogP contribution in [0.2, 0.25) is 0 Å². The number of fused-ring (bicyclic) bond motifs is 2. The molecule has 0 aliphatic heterocycles. The summed E-state index contributed by atoms with van der Waals surface area (Å²) >= 11 is 1.31. The largest absolute Gasteiger partial charge is 0.481 e. The normalized spacial score (nSPS) is 23.7. The van der Waals surface area contributed by atoms with Gasteiger partial charge in [-0.25, -0.2) is 4.79 Å². The van der Waals surface area contributed by atoms with Crippen molar-refractivity contribution >= 4 is 34.2 Å². The molecule has 2 N–H and O–H groups in total. The average molecular weight is 440 g/mol. The van der Waals surface area contributed by atoms with E-state index in [2.05, 4.69) is 5.32 Å². The molecule has 2 aliphatic rings. The first-order valence-electron chi connectivity index (χ1n) is 10.2. The van der Waals surface area contributed by atoms with E-state index in [-0.39, 0.29) is 17.7 Å². The highest BCUT2D eigenvalue weighted by molar-refractivity contribution is 7.17. The maximum Gasteiger partial charge on any atom is 0.341 e. The molecule has 0 spiro atoms. The summed E-state index contributed by atoms with van der Waals surface area (Å²) < 4.78 is 5.03. The molecular formula is C24H25NO5S. The lowest BCUT2D eigenvalue weighted by molar-refractivity contribution is -0.146.